The third-order valence-electron chi connectivity index (χ3n) is 3.06. The molecule has 0 aromatic carbocycles. The molecular weight excluding hydrogens is 443 g/mol. The van der Waals surface area contributed by atoms with E-state index in [1.54, 1.807) is 0 Å². The highest BCUT2D eigenvalue weighted by Crippen LogP contribution is 2.63. The second kappa shape index (κ2) is 6.70. The molecule has 17 heteroatoms. The molecule has 0 aliphatic heterocycles. The SMILES string of the molecule is F[CH]CC(F)(F)C(F)(F)C(F)(F)C(F)(F)C(F)(F)C(F)(F)C(F)(F)C(F)F. The van der Waals surface area contributed by atoms with Gasteiger partial charge in [-0.3, -0.25) is 0 Å². The molecule has 0 bridgehead atoms. The number of hydrogen-bond acceptors (Lipinski definition) is 0. The summed E-state index contributed by atoms with van der Waals surface area (Å²) in [7, 11) is 0. The Balaban J connectivity index is 6.53. The number of halogens is 17. The van der Waals surface area contributed by atoms with E-state index in [-0.39, 0.29) is 0 Å². The molecule has 0 rings (SSSR count). The van der Waals surface area contributed by atoms with E-state index in [9.17, 15) is 74.6 Å². The summed E-state index contributed by atoms with van der Waals surface area (Å²) in [5.74, 6) is -55.0. The molecule has 0 heterocycles. The average molecular weight is 447 g/mol. The van der Waals surface area contributed by atoms with E-state index < -0.39 is 61.0 Å². The van der Waals surface area contributed by atoms with Crippen molar-refractivity contribution in [2.75, 3.05) is 0 Å². The van der Waals surface area contributed by atoms with Gasteiger partial charge in [0.2, 0.25) is 0 Å². The molecule has 0 aromatic heterocycles. The summed E-state index contributed by atoms with van der Waals surface area (Å²) >= 11 is 0. The highest BCUT2D eigenvalue weighted by Gasteiger charge is 2.93. The lowest BCUT2D eigenvalue weighted by Gasteiger charge is -2.42. The Morgan fingerprint density at radius 2 is 0.815 bits per heavy atom. The topological polar surface area (TPSA) is 0 Å². The molecule has 0 aliphatic rings. The zero-order valence-electron chi connectivity index (χ0n) is 11.8. The van der Waals surface area contributed by atoms with Crippen LogP contribution in [-0.4, -0.2) is 47.9 Å². The van der Waals surface area contributed by atoms with Gasteiger partial charge in [-0.05, 0) is 0 Å². The molecule has 0 fully saturated rings. The van der Waals surface area contributed by atoms with Gasteiger partial charge in [-0.1, -0.05) is 0 Å². The van der Waals surface area contributed by atoms with Gasteiger partial charge in [-0.2, -0.15) is 61.5 Å². The third kappa shape index (κ3) is 3.27. The Morgan fingerprint density at radius 3 is 1.11 bits per heavy atom. The van der Waals surface area contributed by atoms with E-state index in [1.807, 2.05) is 0 Å². The lowest BCUT2D eigenvalue weighted by atomic mass is 9.88. The van der Waals surface area contributed by atoms with Crippen LogP contribution in [0.1, 0.15) is 6.42 Å². The van der Waals surface area contributed by atoms with Crippen molar-refractivity contribution in [1.82, 2.24) is 0 Å². The van der Waals surface area contributed by atoms with E-state index in [4.69, 9.17) is 0 Å². The fourth-order valence-electron chi connectivity index (χ4n) is 1.39. The second-order valence-electron chi connectivity index (χ2n) is 4.86. The van der Waals surface area contributed by atoms with Crippen molar-refractivity contribution in [1.29, 1.82) is 0 Å². The van der Waals surface area contributed by atoms with Crippen molar-refractivity contribution in [2.24, 2.45) is 0 Å². The summed E-state index contributed by atoms with van der Waals surface area (Å²) in [6, 6.07) is 0. The third-order valence-corrected chi connectivity index (χ3v) is 3.06. The van der Waals surface area contributed by atoms with Gasteiger partial charge in [-0.25, -0.2) is 13.2 Å². The molecule has 0 atom stereocenters. The normalized spacial score (nSPS) is 16.2. The molecule has 1 radical (unpaired) electrons. The van der Waals surface area contributed by atoms with Crippen LogP contribution in [0.4, 0.5) is 74.6 Å². The van der Waals surface area contributed by atoms with Crippen LogP contribution >= 0.6 is 0 Å². The molecule has 0 saturated heterocycles. The standard InChI is InChI=1S/C10H4F17/c11-2-1-4(14,15)6(18,19)8(22,23)10(26,27)9(24,25)7(20,21)5(16,17)3(12)13/h2-3H,1H2. The molecule has 0 N–H and O–H groups in total. The lowest BCUT2D eigenvalue weighted by molar-refractivity contribution is -0.446. The highest BCUT2D eigenvalue weighted by atomic mass is 19.4. The van der Waals surface area contributed by atoms with Gasteiger partial charge in [0.1, 0.15) is 6.67 Å². The highest BCUT2D eigenvalue weighted by molar-refractivity contribution is 5.14. The van der Waals surface area contributed by atoms with E-state index in [1.165, 1.54) is 0 Å². The number of rotatable bonds is 9. The predicted octanol–water partition coefficient (Wildman–Crippen LogP) is 6.22. The number of alkyl halides is 16. The van der Waals surface area contributed by atoms with Gasteiger partial charge in [-0.15, -0.1) is 0 Å². The monoisotopic (exact) mass is 447 g/mol. The minimum absolute atomic E-state index is 1.51. The second-order valence-corrected chi connectivity index (χ2v) is 4.86. The largest absolute Gasteiger partial charge is 0.384 e. The molecule has 0 spiro atoms. The summed E-state index contributed by atoms with van der Waals surface area (Å²) < 4.78 is 215. The average Bonchev–Trinajstić information content (AvgIpc) is 2.45. The van der Waals surface area contributed by atoms with Crippen LogP contribution in [0.15, 0.2) is 0 Å². The molecule has 0 aromatic rings. The van der Waals surface area contributed by atoms with Gasteiger partial charge in [0.05, 0.1) is 6.42 Å². The van der Waals surface area contributed by atoms with Crippen molar-refractivity contribution >= 4 is 0 Å². The van der Waals surface area contributed by atoms with Crippen LogP contribution in [-0.2, 0) is 0 Å². The van der Waals surface area contributed by atoms with Crippen LogP contribution in [0, 0.1) is 6.67 Å². The quantitative estimate of drug-likeness (QED) is 0.369. The van der Waals surface area contributed by atoms with Gasteiger partial charge >= 0.3 is 47.9 Å². The first-order valence-electron chi connectivity index (χ1n) is 5.85. The summed E-state index contributed by atoms with van der Waals surface area (Å²) in [6.07, 6.45) is -8.99. The Labute approximate surface area is 137 Å². The maximum Gasteiger partial charge on any atom is 0.384 e. The Hall–Kier alpha value is -1.19. The predicted molar refractivity (Wildman–Crippen MR) is 50.7 cm³/mol. The van der Waals surface area contributed by atoms with Crippen LogP contribution in [0.2, 0.25) is 0 Å². The molecule has 0 amide bonds. The van der Waals surface area contributed by atoms with Gasteiger partial charge in [0.25, 0.3) is 0 Å². The lowest BCUT2D eigenvalue weighted by Crippen LogP contribution is -2.73. The van der Waals surface area contributed by atoms with E-state index >= 15 is 0 Å². The first-order chi connectivity index (χ1) is 11.5. The first kappa shape index (κ1) is 25.8. The van der Waals surface area contributed by atoms with Crippen molar-refractivity contribution in [3.05, 3.63) is 6.67 Å². The Kier molecular flexibility index (Phi) is 6.41. The zero-order valence-corrected chi connectivity index (χ0v) is 11.8. The van der Waals surface area contributed by atoms with Gasteiger partial charge < -0.3 is 0 Å². The van der Waals surface area contributed by atoms with Crippen molar-refractivity contribution < 1.29 is 74.6 Å². The Bertz CT molecular complexity index is 518. The molecule has 0 aliphatic carbocycles. The van der Waals surface area contributed by atoms with E-state index in [2.05, 4.69) is 0 Å². The molecule has 0 unspecified atom stereocenters. The summed E-state index contributed by atoms with van der Waals surface area (Å²) in [5, 5.41) is 0. The molecule has 0 saturated carbocycles. The number of hydrogen-bond donors (Lipinski definition) is 0. The van der Waals surface area contributed by atoms with Crippen molar-refractivity contribution in [3.8, 4) is 0 Å². The van der Waals surface area contributed by atoms with Crippen LogP contribution in [0.25, 0.3) is 0 Å². The van der Waals surface area contributed by atoms with Crippen LogP contribution in [0.3, 0.4) is 0 Å². The summed E-state index contributed by atoms with van der Waals surface area (Å²) in [4.78, 5) is 0. The first-order valence-corrected chi connectivity index (χ1v) is 5.85. The zero-order chi connectivity index (χ0) is 22.5. The summed E-state index contributed by atoms with van der Waals surface area (Å²) in [6.45, 7) is -1.51. The van der Waals surface area contributed by atoms with Crippen molar-refractivity contribution in [3.63, 3.8) is 0 Å². The minimum Gasteiger partial charge on any atom is -0.244 e. The fourth-order valence-corrected chi connectivity index (χ4v) is 1.39. The molecule has 0 nitrogen and oxygen atoms in total. The van der Waals surface area contributed by atoms with Crippen LogP contribution < -0.4 is 0 Å². The smallest absolute Gasteiger partial charge is 0.244 e. The van der Waals surface area contributed by atoms with Gasteiger partial charge in [0, 0.05) is 0 Å². The molecular formula is C10H4F17. The fraction of sp³-hybridized carbons (Fsp3) is 0.900. The van der Waals surface area contributed by atoms with Gasteiger partial charge in [0.15, 0.2) is 0 Å². The maximum absolute atomic E-state index is 13.1. The van der Waals surface area contributed by atoms with Crippen molar-refractivity contribution in [2.45, 2.75) is 54.3 Å². The van der Waals surface area contributed by atoms with Crippen LogP contribution in [0.5, 0.6) is 0 Å². The molecule has 27 heavy (non-hydrogen) atoms. The van der Waals surface area contributed by atoms with E-state index in [0.29, 0.717) is 0 Å². The maximum atomic E-state index is 13.1. The molecule has 163 valence electrons. The Morgan fingerprint density at radius 1 is 0.519 bits per heavy atom. The minimum atomic E-state index is -8.44. The van der Waals surface area contributed by atoms with E-state index in [0.717, 1.165) is 0 Å². The summed E-state index contributed by atoms with van der Waals surface area (Å²) in [5.41, 5.74) is 0.